The number of rotatable bonds is 4. The minimum atomic E-state index is -0.197. The van der Waals surface area contributed by atoms with E-state index < -0.39 is 0 Å². The largest absolute Gasteiger partial charge is 0.492 e. The highest BCUT2D eigenvalue weighted by Crippen LogP contribution is 2.31. The van der Waals surface area contributed by atoms with Gasteiger partial charge in [0.25, 0.3) is 5.91 Å². The molecule has 110 valence electrons. The Kier molecular flexibility index (Phi) is 3.79. The highest BCUT2D eigenvalue weighted by atomic mass is 32.1. The first-order valence-electron chi connectivity index (χ1n) is 6.99. The van der Waals surface area contributed by atoms with Gasteiger partial charge in [-0.05, 0) is 44.4 Å². The first-order chi connectivity index (χ1) is 10.2. The smallest absolute Gasteiger partial charge is 0.257 e. The van der Waals surface area contributed by atoms with Crippen molar-refractivity contribution in [3.8, 4) is 5.75 Å². The zero-order chi connectivity index (χ0) is 14.8. The summed E-state index contributed by atoms with van der Waals surface area (Å²) in [5.41, 5.74) is 7.98. The Morgan fingerprint density at radius 3 is 3.05 bits per heavy atom. The number of nitrogens with zero attached hydrogens (tertiary/aromatic N) is 1. The second-order valence-electron chi connectivity index (χ2n) is 4.88. The third-order valence-corrected chi connectivity index (χ3v) is 4.46. The number of aromatic nitrogens is 1. The summed E-state index contributed by atoms with van der Waals surface area (Å²) in [6.07, 6.45) is 3.24. The van der Waals surface area contributed by atoms with E-state index in [0.29, 0.717) is 28.7 Å². The molecule has 1 aliphatic rings. The molecule has 1 aliphatic carbocycles. The molecule has 0 atom stereocenters. The van der Waals surface area contributed by atoms with Gasteiger partial charge in [-0.15, -0.1) is 11.3 Å². The first-order valence-corrected chi connectivity index (χ1v) is 7.81. The highest BCUT2D eigenvalue weighted by Gasteiger charge is 2.18. The first kappa shape index (κ1) is 13.9. The summed E-state index contributed by atoms with van der Waals surface area (Å²) in [7, 11) is 0. The quantitative estimate of drug-likeness (QED) is 0.851. The molecule has 1 aromatic heterocycles. The number of fused-ring (bicyclic) bond motifs is 1. The molecule has 1 heterocycles. The average molecular weight is 303 g/mol. The molecule has 1 aromatic carbocycles. The number of hydrogen-bond acceptors (Lipinski definition) is 5. The van der Waals surface area contributed by atoms with Crippen molar-refractivity contribution in [1.82, 2.24) is 4.98 Å². The number of thiazole rings is 1. The van der Waals surface area contributed by atoms with Gasteiger partial charge in [0.15, 0.2) is 5.13 Å². The maximum absolute atomic E-state index is 12.2. The Morgan fingerprint density at radius 2 is 2.33 bits per heavy atom. The van der Waals surface area contributed by atoms with Crippen LogP contribution in [0.15, 0.2) is 18.2 Å². The van der Waals surface area contributed by atoms with Crippen LogP contribution in [-0.2, 0) is 12.8 Å². The van der Waals surface area contributed by atoms with Crippen LogP contribution in [0.25, 0.3) is 0 Å². The molecule has 3 rings (SSSR count). The van der Waals surface area contributed by atoms with Crippen molar-refractivity contribution in [3.63, 3.8) is 0 Å². The normalized spacial score (nSPS) is 13.0. The van der Waals surface area contributed by atoms with E-state index in [9.17, 15) is 4.79 Å². The fourth-order valence-electron chi connectivity index (χ4n) is 2.39. The summed E-state index contributed by atoms with van der Waals surface area (Å²) in [5.74, 6) is 0.402. The fourth-order valence-corrected chi connectivity index (χ4v) is 3.43. The van der Waals surface area contributed by atoms with Crippen LogP contribution in [0.5, 0.6) is 5.75 Å². The van der Waals surface area contributed by atoms with Crippen LogP contribution in [0.4, 0.5) is 10.8 Å². The van der Waals surface area contributed by atoms with Crippen LogP contribution in [-0.4, -0.2) is 17.5 Å². The number of ether oxygens (including phenoxy) is 1. The van der Waals surface area contributed by atoms with Gasteiger partial charge in [0, 0.05) is 10.4 Å². The molecule has 0 fully saturated rings. The summed E-state index contributed by atoms with van der Waals surface area (Å²) >= 11 is 1.56. The molecular formula is C15H17N3O2S. The summed E-state index contributed by atoms with van der Waals surface area (Å²) in [4.78, 5) is 18.0. The Bertz CT molecular complexity index is 660. The van der Waals surface area contributed by atoms with Crippen molar-refractivity contribution in [2.24, 2.45) is 0 Å². The van der Waals surface area contributed by atoms with Gasteiger partial charge in [-0.1, -0.05) is 0 Å². The van der Waals surface area contributed by atoms with E-state index in [1.807, 2.05) is 6.92 Å². The molecule has 5 nitrogen and oxygen atoms in total. The van der Waals surface area contributed by atoms with Crippen LogP contribution in [0.2, 0.25) is 0 Å². The molecule has 0 saturated carbocycles. The van der Waals surface area contributed by atoms with Crippen LogP contribution in [0, 0.1) is 0 Å². The molecule has 3 N–H and O–H groups in total. The number of amides is 1. The third kappa shape index (κ3) is 2.85. The monoisotopic (exact) mass is 303 g/mol. The zero-order valence-electron chi connectivity index (χ0n) is 11.8. The molecule has 0 spiro atoms. The van der Waals surface area contributed by atoms with Gasteiger partial charge >= 0.3 is 0 Å². The Labute approximate surface area is 127 Å². The minimum Gasteiger partial charge on any atom is -0.492 e. The Morgan fingerprint density at radius 1 is 1.48 bits per heavy atom. The number of aryl methyl sites for hydroxylation is 2. The number of anilines is 2. The minimum absolute atomic E-state index is 0.197. The zero-order valence-corrected chi connectivity index (χ0v) is 12.6. The van der Waals surface area contributed by atoms with E-state index in [4.69, 9.17) is 10.5 Å². The second-order valence-corrected chi connectivity index (χ2v) is 5.97. The SMILES string of the molecule is CCOc1ccc(C(=O)Nc2nc3c(s2)CCC3)cc1N. The van der Waals surface area contributed by atoms with Crippen molar-refractivity contribution >= 4 is 28.1 Å². The summed E-state index contributed by atoms with van der Waals surface area (Å²) in [6.45, 7) is 2.43. The van der Waals surface area contributed by atoms with E-state index in [1.165, 1.54) is 4.88 Å². The molecule has 0 unspecified atom stereocenters. The van der Waals surface area contributed by atoms with E-state index in [1.54, 1.807) is 29.5 Å². The van der Waals surface area contributed by atoms with E-state index in [2.05, 4.69) is 10.3 Å². The van der Waals surface area contributed by atoms with E-state index in [0.717, 1.165) is 25.0 Å². The van der Waals surface area contributed by atoms with E-state index >= 15 is 0 Å². The van der Waals surface area contributed by atoms with Gasteiger partial charge in [-0.2, -0.15) is 0 Å². The van der Waals surface area contributed by atoms with Crippen molar-refractivity contribution in [2.45, 2.75) is 26.2 Å². The lowest BCUT2D eigenvalue weighted by Gasteiger charge is -2.08. The second kappa shape index (κ2) is 5.73. The summed E-state index contributed by atoms with van der Waals surface area (Å²) in [6, 6.07) is 5.05. The predicted octanol–water partition coefficient (Wildman–Crippen LogP) is 2.87. The summed E-state index contributed by atoms with van der Waals surface area (Å²) in [5, 5.41) is 3.50. The predicted molar refractivity (Wildman–Crippen MR) is 84.1 cm³/mol. The maximum Gasteiger partial charge on any atom is 0.257 e. The third-order valence-electron chi connectivity index (χ3n) is 3.39. The van der Waals surface area contributed by atoms with E-state index in [-0.39, 0.29) is 5.91 Å². The van der Waals surface area contributed by atoms with Crippen LogP contribution in [0.3, 0.4) is 0 Å². The number of nitrogens with one attached hydrogen (secondary N) is 1. The number of carbonyl (C=O) groups excluding carboxylic acids is 1. The fraction of sp³-hybridized carbons (Fsp3) is 0.333. The Hall–Kier alpha value is -2.08. The highest BCUT2D eigenvalue weighted by molar-refractivity contribution is 7.15. The molecule has 0 bridgehead atoms. The molecule has 0 aliphatic heterocycles. The maximum atomic E-state index is 12.2. The average Bonchev–Trinajstić information content (AvgIpc) is 3.02. The van der Waals surface area contributed by atoms with Crippen LogP contribution < -0.4 is 15.8 Å². The van der Waals surface area contributed by atoms with Crippen molar-refractivity contribution < 1.29 is 9.53 Å². The van der Waals surface area contributed by atoms with Gasteiger partial charge in [0.2, 0.25) is 0 Å². The summed E-state index contributed by atoms with van der Waals surface area (Å²) < 4.78 is 5.36. The van der Waals surface area contributed by atoms with Crippen molar-refractivity contribution in [1.29, 1.82) is 0 Å². The number of nitrogen functional groups attached to an aromatic ring is 1. The molecule has 2 aromatic rings. The number of nitrogens with two attached hydrogens (primary N) is 1. The topological polar surface area (TPSA) is 77.2 Å². The molecule has 0 saturated heterocycles. The van der Waals surface area contributed by atoms with Gasteiger partial charge in [-0.3, -0.25) is 10.1 Å². The molecular weight excluding hydrogens is 286 g/mol. The molecule has 6 heteroatoms. The number of benzene rings is 1. The van der Waals surface area contributed by atoms with Crippen molar-refractivity contribution in [3.05, 3.63) is 34.3 Å². The lowest BCUT2D eigenvalue weighted by molar-refractivity contribution is 0.102. The van der Waals surface area contributed by atoms with Crippen LogP contribution >= 0.6 is 11.3 Å². The van der Waals surface area contributed by atoms with Crippen LogP contribution in [0.1, 0.15) is 34.3 Å². The van der Waals surface area contributed by atoms with Gasteiger partial charge in [-0.25, -0.2) is 4.98 Å². The molecule has 1 amide bonds. The lowest BCUT2D eigenvalue weighted by Crippen LogP contribution is -2.12. The van der Waals surface area contributed by atoms with Gasteiger partial charge in [0.1, 0.15) is 5.75 Å². The Balaban J connectivity index is 1.74. The lowest BCUT2D eigenvalue weighted by atomic mass is 10.2. The number of hydrogen-bond donors (Lipinski definition) is 2. The number of carbonyl (C=O) groups is 1. The van der Waals surface area contributed by atoms with Gasteiger partial charge in [0.05, 0.1) is 18.0 Å². The molecule has 21 heavy (non-hydrogen) atoms. The molecule has 0 radical (unpaired) electrons. The van der Waals surface area contributed by atoms with Crippen molar-refractivity contribution in [2.75, 3.05) is 17.7 Å². The van der Waals surface area contributed by atoms with Gasteiger partial charge < -0.3 is 10.5 Å². The standard InChI is InChI=1S/C15H17N3O2S/c1-2-20-12-7-6-9(8-10(12)16)14(19)18-15-17-11-4-3-5-13(11)21-15/h6-8H,2-5,16H2,1H3,(H,17,18,19).